The van der Waals surface area contributed by atoms with E-state index in [9.17, 15) is 9.59 Å². The minimum Gasteiger partial charge on any atom is -0.326 e. The van der Waals surface area contributed by atoms with Gasteiger partial charge in [-0.2, -0.15) is 0 Å². The molecule has 5 rings (SSSR count). The maximum Gasteiger partial charge on any atom is 0.266 e. The summed E-state index contributed by atoms with van der Waals surface area (Å²) in [4.78, 5) is 30.6. The minimum atomic E-state index is -0.200. The van der Waals surface area contributed by atoms with E-state index in [1.54, 1.807) is 36.4 Å². The van der Waals surface area contributed by atoms with E-state index in [2.05, 4.69) is 17.4 Å². The van der Waals surface area contributed by atoms with Gasteiger partial charge in [0.1, 0.15) is 0 Å². The number of aromatic nitrogens is 2. The van der Waals surface area contributed by atoms with E-state index in [0.29, 0.717) is 37.5 Å². The van der Waals surface area contributed by atoms with Crippen LogP contribution in [0.5, 0.6) is 0 Å². The Morgan fingerprint density at radius 2 is 1.82 bits per heavy atom. The smallest absolute Gasteiger partial charge is 0.266 e. The summed E-state index contributed by atoms with van der Waals surface area (Å²) in [5.74, 6) is 0.387. The third-order valence-corrected chi connectivity index (χ3v) is 7.53. The molecule has 1 heterocycles. The molecule has 0 saturated heterocycles. The van der Waals surface area contributed by atoms with Crippen molar-refractivity contribution in [1.29, 1.82) is 0 Å². The molecule has 1 aromatic heterocycles. The molecule has 0 bridgehead atoms. The largest absolute Gasteiger partial charge is 0.326 e. The molecule has 0 atom stereocenters. The molecule has 3 aromatic carbocycles. The zero-order chi connectivity index (χ0) is 23.7. The van der Waals surface area contributed by atoms with Crippen LogP contribution < -0.4 is 10.9 Å². The molecule has 0 aliphatic heterocycles. The summed E-state index contributed by atoms with van der Waals surface area (Å²) in [5.41, 5.74) is 4.49. The van der Waals surface area contributed by atoms with E-state index in [1.807, 2.05) is 12.1 Å². The molecule has 5 nitrogen and oxygen atoms in total. The van der Waals surface area contributed by atoms with E-state index >= 15 is 0 Å². The van der Waals surface area contributed by atoms with Gasteiger partial charge < -0.3 is 5.32 Å². The third-order valence-electron chi connectivity index (χ3n) is 5.85. The monoisotopic (exact) mass is 509 g/mol. The zero-order valence-corrected chi connectivity index (χ0v) is 20.5. The Balaban J connectivity index is 1.37. The Hall–Kier alpha value is -2.80. The van der Waals surface area contributed by atoms with Crippen molar-refractivity contribution in [3.8, 4) is 5.69 Å². The average molecular weight is 510 g/mol. The van der Waals surface area contributed by atoms with Gasteiger partial charge in [-0.25, -0.2) is 4.98 Å². The first-order chi connectivity index (χ1) is 16.5. The van der Waals surface area contributed by atoms with Gasteiger partial charge in [-0.15, -0.1) is 0 Å². The standard InChI is InChI=1S/C26H21Cl2N3O2S/c27-21-11-10-19(15-22(21)28)31-25(33)20-6-1-2-7-23(20)30-26(31)34-13-12-24(32)29-18-9-8-16-4-3-5-17(16)14-18/h1-2,6-11,14-15H,3-5,12-13H2,(H,29,32). The van der Waals surface area contributed by atoms with Crippen LogP contribution in [0.25, 0.3) is 16.6 Å². The molecular weight excluding hydrogens is 489 g/mol. The number of anilines is 1. The van der Waals surface area contributed by atoms with Gasteiger partial charge in [0.15, 0.2) is 5.16 Å². The van der Waals surface area contributed by atoms with Crippen LogP contribution in [-0.4, -0.2) is 21.2 Å². The number of fused-ring (bicyclic) bond motifs is 2. The van der Waals surface area contributed by atoms with Gasteiger partial charge in [0, 0.05) is 17.9 Å². The summed E-state index contributed by atoms with van der Waals surface area (Å²) in [6.07, 6.45) is 3.63. The van der Waals surface area contributed by atoms with E-state index in [0.717, 1.165) is 18.5 Å². The number of halogens is 2. The fraction of sp³-hybridized carbons (Fsp3) is 0.192. The van der Waals surface area contributed by atoms with Gasteiger partial charge in [-0.05, 0) is 72.9 Å². The third kappa shape index (κ3) is 4.71. The minimum absolute atomic E-state index is 0.0744. The first kappa shape index (κ1) is 23.0. The number of para-hydroxylation sites is 1. The van der Waals surface area contributed by atoms with Crippen molar-refractivity contribution >= 4 is 57.5 Å². The molecule has 0 saturated carbocycles. The van der Waals surface area contributed by atoms with Gasteiger partial charge in [0.2, 0.25) is 5.91 Å². The lowest BCUT2D eigenvalue weighted by Gasteiger charge is -2.14. The van der Waals surface area contributed by atoms with Crippen LogP contribution in [0.3, 0.4) is 0 Å². The summed E-state index contributed by atoms with van der Waals surface area (Å²) in [5, 5.41) is 4.74. The number of aryl methyl sites for hydroxylation is 2. The van der Waals surface area contributed by atoms with Crippen LogP contribution >= 0.6 is 35.0 Å². The lowest BCUT2D eigenvalue weighted by molar-refractivity contribution is -0.115. The summed E-state index contributed by atoms with van der Waals surface area (Å²) in [6.45, 7) is 0. The van der Waals surface area contributed by atoms with E-state index in [-0.39, 0.29) is 17.9 Å². The second-order valence-corrected chi connectivity index (χ2v) is 10.0. The summed E-state index contributed by atoms with van der Waals surface area (Å²) in [7, 11) is 0. The van der Waals surface area contributed by atoms with Gasteiger partial charge in [-0.3, -0.25) is 14.2 Å². The van der Waals surface area contributed by atoms with Crippen LogP contribution in [0, 0.1) is 0 Å². The second-order valence-electron chi connectivity index (χ2n) is 8.13. The molecule has 1 aliphatic carbocycles. The fourth-order valence-corrected chi connectivity index (χ4v) is 5.41. The number of nitrogens with zero attached hydrogens (tertiary/aromatic N) is 2. The topological polar surface area (TPSA) is 64.0 Å². The van der Waals surface area contributed by atoms with Crippen LogP contribution in [0.2, 0.25) is 10.0 Å². The highest BCUT2D eigenvalue weighted by Gasteiger charge is 2.16. The van der Waals surface area contributed by atoms with Crippen molar-refractivity contribution in [1.82, 2.24) is 9.55 Å². The maximum atomic E-state index is 13.3. The number of rotatable bonds is 6. The molecule has 1 N–H and O–H groups in total. The summed E-state index contributed by atoms with van der Waals surface area (Å²) < 4.78 is 1.52. The Morgan fingerprint density at radius 3 is 2.68 bits per heavy atom. The molecule has 172 valence electrons. The normalized spacial score (nSPS) is 12.6. The van der Waals surface area contributed by atoms with Crippen molar-refractivity contribution in [2.75, 3.05) is 11.1 Å². The van der Waals surface area contributed by atoms with Crippen molar-refractivity contribution < 1.29 is 4.79 Å². The van der Waals surface area contributed by atoms with Crippen LogP contribution in [0.15, 0.2) is 70.6 Å². The Morgan fingerprint density at radius 1 is 1.00 bits per heavy atom. The van der Waals surface area contributed by atoms with Gasteiger partial charge in [0.05, 0.1) is 26.6 Å². The van der Waals surface area contributed by atoms with Crippen LogP contribution in [-0.2, 0) is 17.6 Å². The highest BCUT2D eigenvalue weighted by atomic mass is 35.5. The number of thioether (sulfide) groups is 1. The number of hydrogen-bond donors (Lipinski definition) is 1. The first-order valence-electron chi connectivity index (χ1n) is 11.0. The van der Waals surface area contributed by atoms with Crippen LogP contribution in [0.1, 0.15) is 24.0 Å². The van der Waals surface area contributed by atoms with Crippen molar-refractivity contribution in [2.24, 2.45) is 0 Å². The lowest BCUT2D eigenvalue weighted by atomic mass is 10.1. The molecule has 0 radical (unpaired) electrons. The molecular formula is C26H21Cl2N3O2S. The van der Waals surface area contributed by atoms with Gasteiger partial charge in [-0.1, -0.05) is 53.2 Å². The molecule has 8 heteroatoms. The zero-order valence-electron chi connectivity index (χ0n) is 18.2. The predicted octanol–water partition coefficient (Wildman–Crippen LogP) is 6.30. The predicted molar refractivity (Wildman–Crippen MR) is 140 cm³/mol. The van der Waals surface area contributed by atoms with E-state index < -0.39 is 0 Å². The Kier molecular flexibility index (Phi) is 6.63. The number of amides is 1. The number of benzene rings is 3. The van der Waals surface area contributed by atoms with Gasteiger partial charge in [0.25, 0.3) is 5.56 Å². The molecule has 0 unspecified atom stereocenters. The molecule has 0 fully saturated rings. The summed E-state index contributed by atoms with van der Waals surface area (Å²) in [6, 6.07) is 18.4. The number of carbonyl (C=O) groups is 1. The number of nitrogens with one attached hydrogen (secondary N) is 1. The summed E-state index contributed by atoms with van der Waals surface area (Å²) >= 11 is 13.6. The number of carbonyl (C=O) groups excluding carboxylic acids is 1. The SMILES string of the molecule is O=C(CCSc1nc2ccccc2c(=O)n1-c1ccc(Cl)c(Cl)c1)Nc1ccc2c(c1)CCC2. The van der Waals surface area contributed by atoms with Gasteiger partial charge >= 0.3 is 0 Å². The molecule has 1 amide bonds. The van der Waals surface area contributed by atoms with Crippen molar-refractivity contribution in [3.05, 3.63) is 92.2 Å². The fourth-order valence-electron chi connectivity index (χ4n) is 4.17. The highest BCUT2D eigenvalue weighted by molar-refractivity contribution is 7.99. The number of hydrogen-bond acceptors (Lipinski definition) is 4. The van der Waals surface area contributed by atoms with E-state index in [1.165, 1.54) is 33.9 Å². The quantitative estimate of drug-likeness (QED) is 0.244. The second kappa shape index (κ2) is 9.82. The van der Waals surface area contributed by atoms with Crippen molar-refractivity contribution in [3.63, 3.8) is 0 Å². The molecule has 34 heavy (non-hydrogen) atoms. The van der Waals surface area contributed by atoms with E-state index in [4.69, 9.17) is 28.2 Å². The highest BCUT2D eigenvalue weighted by Crippen LogP contribution is 2.28. The van der Waals surface area contributed by atoms with Crippen LogP contribution in [0.4, 0.5) is 5.69 Å². The molecule has 0 spiro atoms. The molecule has 1 aliphatic rings. The average Bonchev–Trinajstić information content (AvgIpc) is 3.29. The molecule has 4 aromatic rings. The lowest BCUT2D eigenvalue weighted by Crippen LogP contribution is -2.22. The van der Waals surface area contributed by atoms with Crippen molar-refractivity contribution in [2.45, 2.75) is 30.8 Å². The first-order valence-corrected chi connectivity index (χ1v) is 12.8. The Labute approximate surface area is 211 Å². The Bertz CT molecular complexity index is 1470. The maximum absolute atomic E-state index is 13.3.